The van der Waals surface area contributed by atoms with E-state index in [0.29, 0.717) is 17.7 Å². The van der Waals surface area contributed by atoms with Gasteiger partial charge in [0.1, 0.15) is 5.54 Å². The van der Waals surface area contributed by atoms with Crippen LogP contribution < -0.4 is 0 Å². The van der Waals surface area contributed by atoms with Gasteiger partial charge >= 0.3 is 0 Å². The maximum atomic E-state index is 10.8. The quantitative estimate of drug-likeness (QED) is 0.623. The van der Waals surface area contributed by atoms with Crippen molar-refractivity contribution in [2.24, 2.45) is 4.99 Å². The Kier molecular flexibility index (Phi) is 3.26. The predicted molar refractivity (Wildman–Crippen MR) is 67.5 cm³/mol. The van der Waals surface area contributed by atoms with Gasteiger partial charge in [0.2, 0.25) is 0 Å². The number of nitro groups is 1. The Hall–Kier alpha value is -1.27. The fourth-order valence-corrected chi connectivity index (χ4v) is 2.22. The molecule has 0 saturated carbocycles. The minimum atomic E-state index is -0.549. The van der Waals surface area contributed by atoms with Gasteiger partial charge in [-0.05, 0) is 18.6 Å². The van der Waals surface area contributed by atoms with E-state index in [-0.39, 0.29) is 5.69 Å². The van der Waals surface area contributed by atoms with Crippen molar-refractivity contribution in [3.8, 4) is 0 Å². The van der Waals surface area contributed by atoms with Gasteiger partial charge in [0.15, 0.2) is 0 Å². The number of aliphatic imine (C=N–C) groups is 1. The minimum Gasteiger partial charge on any atom is -0.373 e. The molecule has 6 heteroatoms. The number of hydrogen-bond acceptors (Lipinski definition) is 4. The second-order valence-electron chi connectivity index (χ2n) is 4.06. The third-order valence-corrected chi connectivity index (χ3v) is 3.12. The molecule has 0 amide bonds. The molecule has 0 unspecified atom stereocenters. The minimum absolute atomic E-state index is 0.0522. The van der Waals surface area contributed by atoms with E-state index in [4.69, 9.17) is 4.74 Å². The van der Waals surface area contributed by atoms with E-state index in [0.717, 1.165) is 5.56 Å². The van der Waals surface area contributed by atoms with E-state index in [1.807, 2.05) is 13.0 Å². The number of nitrogens with zero attached hydrogens (tertiary/aromatic N) is 2. The van der Waals surface area contributed by atoms with Crippen LogP contribution >= 0.6 is 15.9 Å². The molecule has 0 aromatic heterocycles. The van der Waals surface area contributed by atoms with Gasteiger partial charge in [-0.25, -0.2) is 0 Å². The molecule has 0 radical (unpaired) electrons. The molecule has 5 nitrogen and oxygen atoms in total. The van der Waals surface area contributed by atoms with E-state index >= 15 is 0 Å². The summed E-state index contributed by atoms with van der Waals surface area (Å²) in [5.74, 6) is 0. The van der Waals surface area contributed by atoms with Crippen LogP contribution in [0.2, 0.25) is 0 Å². The summed E-state index contributed by atoms with van der Waals surface area (Å²) in [4.78, 5) is 14.8. The van der Waals surface area contributed by atoms with E-state index in [1.54, 1.807) is 6.21 Å². The second-order valence-corrected chi connectivity index (χ2v) is 4.97. The summed E-state index contributed by atoms with van der Waals surface area (Å²) in [6, 6.07) is 4.84. The van der Waals surface area contributed by atoms with Crippen LogP contribution in [-0.2, 0) is 10.3 Å². The number of hydrogen-bond donors (Lipinski definition) is 0. The van der Waals surface area contributed by atoms with E-state index < -0.39 is 10.5 Å². The number of halogens is 1. The van der Waals surface area contributed by atoms with Gasteiger partial charge < -0.3 is 4.74 Å². The fourth-order valence-electron chi connectivity index (χ4n) is 1.73. The molecule has 0 bridgehead atoms. The van der Waals surface area contributed by atoms with Crippen LogP contribution in [0.3, 0.4) is 0 Å². The van der Waals surface area contributed by atoms with Gasteiger partial charge in [-0.1, -0.05) is 15.9 Å². The highest BCUT2D eigenvalue weighted by Crippen LogP contribution is 2.32. The summed E-state index contributed by atoms with van der Waals surface area (Å²) < 4.78 is 6.02. The van der Waals surface area contributed by atoms with Gasteiger partial charge in [-0.2, -0.15) is 0 Å². The van der Waals surface area contributed by atoms with Crippen molar-refractivity contribution < 1.29 is 9.66 Å². The van der Waals surface area contributed by atoms with Crippen molar-refractivity contribution >= 4 is 27.8 Å². The molecule has 1 aliphatic rings. The van der Waals surface area contributed by atoms with Gasteiger partial charge in [-0.3, -0.25) is 15.1 Å². The molecular weight excluding hydrogens is 288 g/mol. The number of benzene rings is 1. The smallest absolute Gasteiger partial charge is 0.270 e. The zero-order valence-corrected chi connectivity index (χ0v) is 10.8. The maximum Gasteiger partial charge on any atom is 0.270 e. The summed E-state index contributed by atoms with van der Waals surface area (Å²) in [6.07, 6.45) is 1.69. The topological polar surface area (TPSA) is 64.7 Å². The fraction of sp³-hybridized carbons (Fsp3) is 0.364. The Morgan fingerprint density at radius 2 is 2.29 bits per heavy atom. The zero-order valence-electron chi connectivity index (χ0n) is 9.22. The maximum absolute atomic E-state index is 10.8. The highest BCUT2D eigenvalue weighted by atomic mass is 79.9. The molecule has 1 aromatic carbocycles. The van der Waals surface area contributed by atoms with Crippen LogP contribution in [-0.4, -0.2) is 24.4 Å². The Morgan fingerprint density at radius 3 is 2.88 bits per heavy atom. The van der Waals surface area contributed by atoms with Crippen LogP contribution in [0.1, 0.15) is 12.5 Å². The van der Waals surface area contributed by atoms with Crippen LogP contribution in [0.4, 0.5) is 5.69 Å². The lowest BCUT2D eigenvalue weighted by Crippen LogP contribution is -2.30. The Balaban J connectivity index is 2.47. The van der Waals surface area contributed by atoms with Crippen LogP contribution in [0, 0.1) is 10.1 Å². The van der Waals surface area contributed by atoms with Gasteiger partial charge in [0.25, 0.3) is 5.69 Å². The second kappa shape index (κ2) is 4.54. The molecule has 90 valence electrons. The highest BCUT2D eigenvalue weighted by molar-refractivity contribution is 9.10. The first-order chi connectivity index (χ1) is 8.01. The molecule has 0 spiro atoms. The lowest BCUT2D eigenvalue weighted by atomic mass is 9.93. The first-order valence-corrected chi connectivity index (χ1v) is 5.87. The lowest BCUT2D eigenvalue weighted by molar-refractivity contribution is -0.385. The van der Waals surface area contributed by atoms with Crippen LogP contribution in [0.5, 0.6) is 0 Å². The van der Waals surface area contributed by atoms with Crippen molar-refractivity contribution in [1.82, 2.24) is 0 Å². The van der Waals surface area contributed by atoms with Crippen molar-refractivity contribution in [2.45, 2.75) is 12.5 Å². The Morgan fingerprint density at radius 1 is 1.53 bits per heavy atom. The molecule has 0 aliphatic carbocycles. The van der Waals surface area contributed by atoms with Gasteiger partial charge in [-0.15, -0.1) is 0 Å². The summed E-state index contributed by atoms with van der Waals surface area (Å²) in [5.41, 5.74) is 0.276. The van der Waals surface area contributed by atoms with E-state index in [9.17, 15) is 10.1 Å². The third-order valence-electron chi connectivity index (χ3n) is 2.67. The van der Waals surface area contributed by atoms with Crippen molar-refractivity contribution in [3.63, 3.8) is 0 Å². The molecule has 0 saturated heterocycles. The number of ether oxygens (including phenoxy) is 1. The standard InChI is InChI=1S/C11H11BrN2O3/c1-11(7-17-3-2-13-11)8-4-9(12)6-10(5-8)14(15)16/h2,4-6H,3,7H2,1H3/t11-/m0/s1. The molecule has 1 aromatic rings. The molecular formula is C11H11BrN2O3. The third kappa shape index (κ3) is 2.53. The van der Waals surface area contributed by atoms with E-state index in [1.165, 1.54) is 12.1 Å². The summed E-state index contributed by atoms with van der Waals surface area (Å²) in [5, 5.41) is 10.8. The largest absolute Gasteiger partial charge is 0.373 e. The summed E-state index contributed by atoms with van der Waals surface area (Å²) >= 11 is 3.27. The summed E-state index contributed by atoms with van der Waals surface area (Å²) in [6.45, 7) is 2.82. The number of non-ortho nitro benzene ring substituents is 1. The van der Waals surface area contributed by atoms with Crippen molar-refractivity contribution in [2.75, 3.05) is 13.2 Å². The highest BCUT2D eigenvalue weighted by Gasteiger charge is 2.29. The monoisotopic (exact) mass is 298 g/mol. The first kappa shape index (κ1) is 12.2. The van der Waals surface area contributed by atoms with E-state index in [2.05, 4.69) is 20.9 Å². The lowest BCUT2D eigenvalue weighted by Gasteiger charge is -2.28. The molecule has 1 heterocycles. The molecule has 0 N–H and O–H groups in total. The average Bonchev–Trinajstić information content (AvgIpc) is 2.29. The van der Waals surface area contributed by atoms with Crippen LogP contribution in [0.25, 0.3) is 0 Å². The molecule has 17 heavy (non-hydrogen) atoms. The zero-order chi connectivity index (χ0) is 12.5. The SMILES string of the molecule is C[C@@]1(c2cc(Br)cc([N+](=O)[O-])c2)COCC=N1. The van der Waals surface area contributed by atoms with Gasteiger partial charge in [0.05, 0.1) is 18.1 Å². The molecule has 1 aliphatic heterocycles. The predicted octanol–water partition coefficient (Wildman–Crippen LogP) is 2.67. The first-order valence-electron chi connectivity index (χ1n) is 5.08. The van der Waals surface area contributed by atoms with Crippen molar-refractivity contribution in [1.29, 1.82) is 0 Å². The molecule has 2 rings (SSSR count). The van der Waals surface area contributed by atoms with Crippen LogP contribution in [0.15, 0.2) is 27.7 Å². The average molecular weight is 299 g/mol. The molecule has 0 fully saturated rings. The van der Waals surface area contributed by atoms with Gasteiger partial charge in [0, 0.05) is 22.8 Å². The Bertz CT molecular complexity index is 490. The Labute approximate surface area is 107 Å². The molecule has 1 atom stereocenters. The number of nitro benzene ring substituents is 1. The van der Waals surface area contributed by atoms with Crippen molar-refractivity contribution in [3.05, 3.63) is 38.3 Å². The number of rotatable bonds is 2. The normalized spacial score (nSPS) is 23.6. The summed E-state index contributed by atoms with van der Waals surface area (Å²) in [7, 11) is 0.